The number of rotatable bonds is 1. The quantitative estimate of drug-likeness (QED) is 0.198. The summed E-state index contributed by atoms with van der Waals surface area (Å²) in [4.78, 5) is 9.53. The molecule has 35 heavy (non-hydrogen) atoms. The van der Waals surface area contributed by atoms with Crippen molar-refractivity contribution in [3.63, 3.8) is 0 Å². The predicted molar refractivity (Wildman–Crippen MR) is 152 cm³/mol. The van der Waals surface area contributed by atoms with Gasteiger partial charge in [0, 0.05) is 47.7 Å². The maximum absolute atomic E-state index is 4.93. The molecule has 0 unspecified atom stereocenters. The van der Waals surface area contributed by atoms with Crippen LogP contribution in [0.1, 0.15) is 0 Å². The first-order valence-corrected chi connectivity index (χ1v) is 13.1. The largest absolute Gasteiger partial charge is 0.306 e. The first-order chi connectivity index (χ1) is 17.3. The Bertz CT molecular complexity index is 2140. The lowest BCUT2D eigenvalue weighted by Crippen LogP contribution is -1.96. The van der Waals surface area contributed by atoms with Gasteiger partial charge in [0.15, 0.2) is 0 Å². The fourth-order valence-corrected chi connectivity index (χ4v) is 7.44. The zero-order valence-electron chi connectivity index (χ0n) is 18.4. The van der Waals surface area contributed by atoms with E-state index < -0.39 is 0 Å². The minimum atomic E-state index is 0.933. The molecular formula is C30H16BrN3S. The van der Waals surface area contributed by atoms with E-state index in [0.29, 0.717) is 0 Å². The van der Waals surface area contributed by atoms with E-state index in [1.54, 1.807) is 0 Å². The van der Waals surface area contributed by atoms with Crippen LogP contribution in [-0.4, -0.2) is 14.5 Å². The van der Waals surface area contributed by atoms with Gasteiger partial charge in [0.25, 0.3) is 0 Å². The Hall–Kier alpha value is -3.80. The SMILES string of the molecule is Brc1cc2c3ccccc3n(-c3cnc4c(ccc5cccnc54)c3)c2c2sc3ccccc3c12. The van der Waals surface area contributed by atoms with E-state index in [-0.39, 0.29) is 0 Å². The first-order valence-electron chi connectivity index (χ1n) is 11.4. The molecule has 0 saturated heterocycles. The minimum absolute atomic E-state index is 0.933. The molecule has 0 fully saturated rings. The molecule has 0 aliphatic rings. The Morgan fingerprint density at radius 3 is 2.46 bits per heavy atom. The topological polar surface area (TPSA) is 30.7 Å². The lowest BCUT2D eigenvalue weighted by Gasteiger charge is -2.10. The van der Waals surface area contributed by atoms with E-state index in [1.165, 1.54) is 42.0 Å². The molecule has 4 heterocycles. The molecule has 0 radical (unpaired) electrons. The van der Waals surface area contributed by atoms with Gasteiger partial charge in [-0.05, 0) is 30.3 Å². The molecular weight excluding hydrogens is 514 g/mol. The lowest BCUT2D eigenvalue weighted by molar-refractivity contribution is 1.17. The number of para-hydroxylation sites is 1. The van der Waals surface area contributed by atoms with Crippen LogP contribution in [0.4, 0.5) is 0 Å². The van der Waals surface area contributed by atoms with Crippen LogP contribution in [0.5, 0.6) is 0 Å². The Labute approximate surface area is 212 Å². The van der Waals surface area contributed by atoms with Gasteiger partial charge in [-0.2, -0.15) is 0 Å². The fraction of sp³-hybridized carbons (Fsp3) is 0. The fourth-order valence-electron chi connectivity index (χ4n) is 5.40. The van der Waals surface area contributed by atoms with Gasteiger partial charge < -0.3 is 4.57 Å². The molecule has 8 aromatic rings. The van der Waals surface area contributed by atoms with Gasteiger partial charge in [0.1, 0.15) is 0 Å². The van der Waals surface area contributed by atoms with Crippen molar-refractivity contribution in [3.05, 3.63) is 102 Å². The van der Waals surface area contributed by atoms with Crippen molar-refractivity contribution in [1.29, 1.82) is 0 Å². The molecule has 0 spiro atoms. The summed E-state index contributed by atoms with van der Waals surface area (Å²) in [7, 11) is 0. The Balaban J connectivity index is 1.55. The average molecular weight is 530 g/mol. The first kappa shape index (κ1) is 19.5. The van der Waals surface area contributed by atoms with E-state index in [9.17, 15) is 0 Å². The van der Waals surface area contributed by atoms with E-state index >= 15 is 0 Å². The van der Waals surface area contributed by atoms with Crippen LogP contribution in [0.3, 0.4) is 0 Å². The summed E-state index contributed by atoms with van der Waals surface area (Å²) in [6.07, 6.45) is 3.82. The molecule has 4 aromatic carbocycles. The van der Waals surface area contributed by atoms with Gasteiger partial charge in [-0.3, -0.25) is 9.97 Å². The Kier molecular flexibility index (Phi) is 3.96. The third-order valence-electron chi connectivity index (χ3n) is 6.90. The van der Waals surface area contributed by atoms with Crippen molar-refractivity contribution in [2.45, 2.75) is 0 Å². The maximum Gasteiger partial charge on any atom is 0.0966 e. The summed E-state index contributed by atoms with van der Waals surface area (Å²) in [6, 6.07) is 30.1. The van der Waals surface area contributed by atoms with Crippen LogP contribution in [0.25, 0.3) is 69.5 Å². The number of halogens is 1. The van der Waals surface area contributed by atoms with Crippen molar-refractivity contribution >= 4 is 91.1 Å². The summed E-state index contributed by atoms with van der Waals surface area (Å²) >= 11 is 5.76. The minimum Gasteiger partial charge on any atom is -0.306 e. The zero-order chi connectivity index (χ0) is 23.1. The van der Waals surface area contributed by atoms with Gasteiger partial charge >= 0.3 is 0 Å². The highest BCUT2D eigenvalue weighted by Gasteiger charge is 2.20. The molecule has 164 valence electrons. The molecule has 4 aromatic heterocycles. The number of benzene rings is 4. The molecule has 8 rings (SSSR count). The molecule has 0 N–H and O–H groups in total. The summed E-state index contributed by atoms with van der Waals surface area (Å²) in [5, 5.41) is 7.23. The van der Waals surface area contributed by atoms with E-state index in [2.05, 4.69) is 104 Å². The van der Waals surface area contributed by atoms with Crippen molar-refractivity contribution in [3.8, 4) is 5.69 Å². The number of aromatic nitrogens is 3. The number of thiophene rings is 1. The summed E-state index contributed by atoms with van der Waals surface area (Å²) in [5.74, 6) is 0. The van der Waals surface area contributed by atoms with E-state index in [0.717, 1.165) is 32.0 Å². The molecule has 0 atom stereocenters. The highest BCUT2D eigenvalue weighted by molar-refractivity contribution is 9.10. The molecule has 0 aliphatic heterocycles. The molecule has 0 aliphatic carbocycles. The van der Waals surface area contributed by atoms with Crippen LogP contribution in [0.15, 0.2) is 102 Å². The third-order valence-corrected chi connectivity index (χ3v) is 8.70. The molecule has 0 bridgehead atoms. The van der Waals surface area contributed by atoms with Crippen LogP contribution < -0.4 is 0 Å². The molecule has 5 heteroatoms. The second-order valence-corrected chi connectivity index (χ2v) is 10.7. The molecule has 0 saturated carbocycles. The number of hydrogen-bond donors (Lipinski definition) is 0. The summed E-state index contributed by atoms with van der Waals surface area (Å²) < 4.78 is 6.09. The summed E-state index contributed by atoms with van der Waals surface area (Å²) in [6.45, 7) is 0. The van der Waals surface area contributed by atoms with E-state index in [4.69, 9.17) is 4.98 Å². The third kappa shape index (κ3) is 2.65. The van der Waals surface area contributed by atoms with Crippen molar-refractivity contribution in [2.75, 3.05) is 0 Å². The number of fused-ring (bicyclic) bond motifs is 10. The second-order valence-electron chi connectivity index (χ2n) is 8.82. The van der Waals surface area contributed by atoms with Gasteiger partial charge in [-0.15, -0.1) is 11.3 Å². The van der Waals surface area contributed by atoms with Crippen molar-refractivity contribution in [2.24, 2.45) is 0 Å². The highest BCUT2D eigenvalue weighted by Crippen LogP contribution is 2.46. The van der Waals surface area contributed by atoms with Crippen molar-refractivity contribution in [1.82, 2.24) is 14.5 Å². The van der Waals surface area contributed by atoms with Crippen LogP contribution in [0, 0.1) is 0 Å². The normalized spacial score (nSPS) is 12.1. The van der Waals surface area contributed by atoms with Crippen molar-refractivity contribution < 1.29 is 0 Å². The van der Waals surface area contributed by atoms with Crippen LogP contribution >= 0.6 is 27.3 Å². The van der Waals surface area contributed by atoms with Gasteiger partial charge in [0.05, 0.1) is 38.7 Å². The zero-order valence-corrected chi connectivity index (χ0v) is 20.8. The standard InChI is InChI=1S/C30H16BrN3S/c31-23-15-22-20-7-1-3-9-24(20)34(29(22)30-26(23)21-8-2-4-10-25(21)35-30)19-14-18-12-11-17-6-5-13-32-27(17)28(18)33-16-19/h1-16H. The Morgan fingerprint density at radius 1 is 0.714 bits per heavy atom. The van der Waals surface area contributed by atoms with Crippen LogP contribution in [-0.2, 0) is 0 Å². The number of hydrogen-bond acceptors (Lipinski definition) is 3. The van der Waals surface area contributed by atoms with Crippen LogP contribution in [0.2, 0.25) is 0 Å². The van der Waals surface area contributed by atoms with E-state index in [1.807, 2.05) is 29.8 Å². The second kappa shape index (κ2) is 7.11. The predicted octanol–water partition coefficient (Wildman–Crippen LogP) is 9.01. The average Bonchev–Trinajstić information content (AvgIpc) is 3.45. The molecule has 0 amide bonds. The lowest BCUT2D eigenvalue weighted by atomic mass is 10.1. The number of pyridine rings is 2. The highest BCUT2D eigenvalue weighted by atomic mass is 79.9. The molecule has 3 nitrogen and oxygen atoms in total. The summed E-state index contributed by atoms with van der Waals surface area (Å²) in [5.41, 5.74) is 5.34. The van der Waals surface area contributed by atoms with Gasteiger partial charge in [-0.1, -0.05) is 70.5 Å². The monoisotopic (exact) mass is 529 g/mol. The Morgan fingerprint density at radius 2 is 1.51 bits per heavy atom. The van der Waals surface area contributed by atoms with Gasteiger partial charge in [-0.25, -0.2) is 0 Å². The smallest absolute Gasteiger partial charge is 0.0966 e. The maximum atomic E-state index is 4.93. The number of nitrogens with zero attached hydrogens (tertiary/aromatic N) is 3. The van der Waals surface area contributed by atoms with Gasteiger partial charge in [0.2, 0.25) is 0 Å².